The molecule has 0 atom stereocenters. The fraction of sp³-hybridized carbons (Fsp3) is 0.208. The molecular formula is C24H20BrNO6. The first kappa shape index (κ1) is 21.8. The van der Waals surface area contributed by atoms with Crippen molar-refractivity contribution in [2.45, 2.75) is 20.3 Å². The Morgan fingerprint density at radius 2 is 1.47 bits per heavy atom. The third-order valence-electron chi connectivity index (χ3n) is 5.14. The second-order valence-corrected chi connectivity index (χ2v) is 7.98. The van der Waals surface area contributed by atoms with Crippen LogP contribution in [-0.4, -0.2) is 36.1 Å². The maximum Gasteiger partial charge on any atom is 0.307 e. The van der Waals surface area contributed by atoms with Crippen LogP contribution in [0, 0.1) is 0 Å². The van der Waals surface area contributed by atoms with Crippen molar-refractivity contribution >= 4 is 50.2 Å². The molecule has 0 unspecified atom stereocenters. The molecule has 0 fully saturated rings. The van der Waals surface area contributed by atoms with Crippen molar-refractivity contribution < 1.29 is 29.0 Å². The Labute approximate surface area is 192 Å². The van der Waals surface area contributed by atoms with Gasteiger partial charge in [-0.3, -0.25) is 14.4 Å². The number of carboxylic acid groups (broad SMARTS) is 1. The number of nitrogens with zero attached hydrogens (tertiary/aromatic N) is 1. The number of carbonyl (C=O) groups excluding carboxylic acids is 2. The molecule has 32 heavy (non-hydrogen) atoms. The number of hydrogen-bond donors (Lipinski definition) is 1. The predicted octanol–water partition coefficient (Wildman–Crippen LogP) is 4.83. The summed E-state index contributed by atoms with van der Waals surface area (Å²) in [5.74, 6) is -1.32. The lowest BCUT2D eigenvalue weighted by Gasteiger charge is -2.16. The van der Waals surface area contributed by atoms with E-state index >= 15 is 0 Å². The Morgan fingerprint density at radius 1 is 0.938 bits per heavy atom. The molecule has 1 N–H and O–H groups in total. The molecule has 0 saturated heterocycles. The zero-order valence-corrected chi connectivity index (χ0v) is 19.1. The van der Waals surface area contributed by atoms with Crippen molar-refractivity contribution in [3.05, 3.63) is 63.6 Å². The summed E-state index contributed by atoms with van der Waals surface area (Å²) in [7, 11) is 0. The van der Waals surface area contributed by atoms with Crippen LogP contribution >= 0.6 is 15.9 Å². The minimum atomic E-state index is -0.972. The van der Waals surface area contributed by atoms with Gasteiger partial charge in [-0.05, 0) is 47.5 Å². The number of rotatable bonds is 7. The summed E-state index contributed by atoms with van der Waals surface area (Å²) < 4.78 is 12.2. The molecule has 0 spiro atoms. The van der Waals surface area contributed by atoms with E-state index in [2.05, 4.69) is 15.9 Å². The van der Waals surface area contributed by atoms with Crippen molar-refractivity contribution in [3.8, 4) is 11.5 Å². The van der Waals surface area contributed by atoms with E-state index in [0.29, 0.717) is 51.2 Å². The molecule has 1 aliphatic heterocycles. The number of carbonyl (C=O) groups is 3. The van der Waals surface area contributed by atoms with E-state index in [1.165, 1.54) is 0 Å². The summed E-state index contributed by atoms with van der Waals surface area (Å²) in [6.07, 6.45) is -0.171. The second kappa shape index (κ2) is 8.63. The van der Waals surface area contributed by atoms with Gasteiger partial charge in [-0.15, -0.1) is 0 Å². The molecular weight excluding hydrogens is 478 g/mol. The van der Waals surface area contributed by atoms with Crippen LogP contribution in [0.25, 0.3) is 10.8 Å². The Morgan fingerprint density at radius 3 is 1.91 bits per heavy atom. The zero-order valence-electron chi connectivity index (χ0n) is 17.5. The third-order valence-corrected chi connectivity index (χ3v) is 5.78. The highest BCUT2D eigenvalue weighted by atomic mass is 79.9. The number of imide groups is 1. The molecule has 3 aromatic rings. The van der Waals surface area contributed by atoms with E-state index in [9.17, 15) is 14.4 Å². The number of fused-ring (bicyclic) bond motifs is 2. The van der Waals surface area contributed by atoms with E-state index in [1.807, 2.05) is 38.1 Å². The van der Waals surface area contributed by atoms with Crippen LogP contribution in [0.4, 0.5) is 5.69 Å². The molecule has 0 radical (unpaired) electrons. The normalized spacial score (nSPS) is 12.9. The van der Waals surface area contributed by atoms with Crippen LogP contribution in [-0.2, 0) is 11.2 Å². The summed E-state index contributed by atoms with van der Waals surface area (Å²) in [5, 5.41) is 10.4. The topological polar surface area (TPSA) is 93.1 Å². The van der Waals surface area contributed by atoms with E-state index in [4.69, 9.17) is 14.6 Å². The van der Waals surface area contributed by atoms with Crippen LogP contribution in [0.2, 0.25) is 0 Å². The van der Waals surface area contributed by atoms with Gasteiger partial charge in [0.1, 0.15) is 11.5 Å². The second-order valence-electron chi connectivity index (χ2n) is 7.12. The highest BCUT2D eigenvalue weighted by molar-refractivity contribution is 9.10. The number of carboxylic acids is 1. The lowest BCUT2D eigenvalue weighted by atomic mass is 9.99. The van der Waals surface area contributed by atoms with Crippen molar-refractivity contribution in [1.82, 2.24) is 0 Å². The number of hydrogen-bond acceptors (Lipinski definition) is 5. The smallest absolute Gasteiger partial charge is 0.307 e. The minimum absolute atomic E-state index is 0.167. The highest BCUT2D eigenvalue weighted by Gasteiger charge is 2.44. The Kier molecular flexibility index (Phi) is 5.88. The molecule has 1 heterocycles. The minimum Gasteiger partial charge on any atom is -0.492 e. The van der Waals surface area contributed by atoms with Gasteiger partial charge in [-0.1, -0.05) is 30.3 Å². The molecule has 3 aromatic carbocycles. The maximum atomic E-state index is 13.6. The van der Waals surface area contributed by atoms with Gasteiger partial charge in [0.2, 0.25) is 0 Å². The number of amides is 2. The predicted molar refractivity (Wildman–Crippen MR) is 123 cm³/mol. The Bertz CT molecular complexity index is 1200. The molecule has 2 amide bonds. The maximum absolute atomic E-state index is 13.6. The van der Waals surface area contributed by atoms with Gasteiger partial charge >= 0.3 is 5.97 Å². The van der Waals surface area contributed by atoms with Crippen LogP contribution in [0.15, 0.2) is 46.9 Å². The van der Waals surface area contributed by atoms with Crippen LogP contribution in [0.5, 0.6) is 11.5 Å². The third kappa shape index (κ3) is 3.50. The monoisotopic (exact) mass is 497 g/mol. The molecule has 0 saturated carbocycles. The number of anilines is 1. The molecule has 1 aliphatic rings. The lowest BCUT2D eigenvalue weighted by molar-refractivity contribution is -0.136. The van der Waals surface area contributed by atoms with Gasteiger partial charge < -0.3 is 14.6 Å². The van der Waals surface area contributed by atoms with Gasteiger partial charge in [-0.2, -0.15) is 0 Å². The van der Waals surface area contributed by atoms with E-state index in [1.54, 1.807) is 18.2 Å². The molecule has 0 aliphatic carbocycles. The van der Waals surface area contributed by atoms with Gasteiger partial charge in [0, 0.05) is 15.2 Å². The van der Waals surface area contributed by atoms with Gasteiger partial charge in [0.15, 0.2) is 0 Å². The van der Waals surface area contributed by atoms with E-state index in [-0.39, 0.29) is 17.5 Å². The first-order valence-corrected chi connectivity index (χ1v) is 10.9. The first-order valence-electron chi connectivity index (χ1n) is 10.1. The fourth-order valence-electron chi connectivity index (χ4n) is 3.92. The number of ether oxygens (including phenoxy) is 2. The lowest BCUT2D eigenvalue weighted by Crippen LogP contribution is -2.30. The fourth-order valence-corrected chi connectivity index (χ4v) is 4.53. The van der Waals surface area contributed by atoms with Crippen molar-refractivity contribution in [3.63, 3.8) is 0 Å². The highest BCUT2D eigenvalue weighted by Crippen LogP contribution is 2.46. The zero-order chi connectivity index (χ0) is 23.0. The van der Waals surface area contributed by atoms with Crippen molar-refractivity contribution in [1.29, 1.82) is 0 Å². The van der Waals surface area contributed by atoms with E-state index in [0.717, 1.165) is 4.90 Å². The SMILES string of the molecule is CCOc1c2c(c(OCC)c3ccccc13)C(=O)N(c1ccc(CC(=O)O)cc1Br)C2=O. The Hall–Kier alpha value is -3.39. The molecule has 8 heteroatoms. The standard InChI is InChI=1S/C24H20BrNO6/c1-3-31-21-14-7-5-6-8-15(14)22(32-4-2)20-19(21)23(29)26(24(20)30)17-10-9-13(11-16(17)25)12-18(27)28/h5-11H,3-4,12H2,1-2H3,(H,27,28). The molecule has 4 rings (SSSR count). The van der Waals surface area contributed by atoms with Gasteiger partial charge in [0.25, 0.3) is 11.8 Å². The van der Waals surface area contributed by atoms with Gasteiger partial charge in [0.05, 0.1) is 36.4 Å². The van der Waals surface area contributed by atoms with Gasteiger partial charge in [-0.25, -0.2) is 4.90 Å². The Balaban J connectivity index is 1.94. The average Bonchev–Trinajstić information content (AvgIpc) is 3.01. The molecule has 0 aromatic heterocycles. The summed E-state index contributed by atoms with van der Waals surface area (Å²) >= 11 is 3.39. The quantitative estimate of drug-likeness (QED) is 0.470. The number of halogens is 1. The van der Waals surface area contributed by atoms with E-state index < -0.39 is 17.8 Å². The van der Waals surface area contributed by atoms with Crippen LogP contribution in [0.3, 0.4) is 0 Å². The summed E-state index contributed by atoms with van der Waals surface area (Å²) in [5.41, 5.74) is 1.20. The molecule has 0 bridgehead atoms. The molecule has 164 valence electrons. The number of benzene rings is 3. The van der Waals surface area contributed by atoms with Crippen molar-refractivity contribution in [2.24, 2.45) is 0 Å². The number of aliphatic carboxylic acids is 1. The largest absolute Gasteiger partial charge is 0.492 e. The van der Waals surface area contributed by atoms with Crippen molar-refractivity contribution in [2.75, 3.05) is 18.1 Å². The van der Waals surface area contributed by atoms with Crippen LogP contribution in [0.1, 0.15) is 40.1 Å². The summed E-state index contributed by atoms with van der Waals surface area (Å²) in [4.78, 5) is 39.2. The first-order chi connectivity index (χ1) is 15.4. The summed E-state index contributed by atoms with van der Waals surface area (Å²) in [6, 6.07) is 12.1. The average molecular weight is 498 g/mol. The van der Waals surface area contributed by atoms with Crippen LogP contribution < -0.4 is 14.4 Å². The molecule has 7 nitrogen and oxygen atoms in total. The summed E-state index contributed by atoms with van der Waals surface area (Å²) in [6.45, 7) is 4.27.